The number of amides is 1. The van der Waals surface area contributed by atoms with Crippen LogP contribution in [0.5, 0.6) is 11.5 Å². The minimum absolute atomic E-state index is 0.0705. The Bertz CT molecular complexity index is 1030. The van der Waals surface area contributed by atoms with Crippen molar-refractivity contribution in [2.24, 2.45) is 0 Å². The number of ether oxygens (including phenoxy) is 2. The first-order valence-electron chi connectivity index (χ1n) is 11.7. The lowest BCUT2D eigenvalue weighted by Gasteiger charge is -2.16. The molecule has 1 atom stereocenters. The summed E-state index contributed by atoms with van der Waals surface area (Å²) >= 11 is 0. The van der Waals surface area contributed by atoms with E-state index in [0.29, 0.717) is 44.4 Å². The van der Waals surface area contributed by atoms with Crippen LogP contribution in [0.2, 0.25) is 0 Å². The highest BCUT2D eigenvalue weighted by Crippen LogP contribution is 2.30. The van der Waals surface area contributed by atoms with E-state index in [1.54, 1.807) is 0 Å². The van der Waals surface area contributed by atoms with Crippen molar-refractivity contribution in [3.05, 3.63) is 59.9 Å². The molecule has 1 aliphatic heterocycles. The van der Waals surface area contributed by atoms with Gasteiger partial charge in [0.1, 0.15) is 11.5 Å². The number of unbranched alkanes of at least 4 members (excludes halogenated alkanes) is 1. The van der Waals surface area contributed by atoms with Gasteiger partial charge in [0.2, 0.25) is 5.91 Å². The van der Waals surface area contributed by atoms with Crippen molar-refractivity contribution in [2.45, 2.75) is 52.0 Å². The second-order valence-electron chi connectivity index (χ2n) is 8.35. The standard InChI is InChI=1S/C26H31N3O4/c1-3-5-15-32-23-12-8-20(9-13-23)26-27-25(28-33-26)21-16-24(30)29(18-21)17-19-6-10-22(11-7-19)31-14-4-2/h6-13,21H,3-5,14-18H2,1-2H3. The molecule has 3 aromatic rings. The number of nitrogens with zero attached hydrogens (tertiary/aromatic N) is 3. The van der Waals surface area contributed by atoms with E-state index < -0.39 is 0 Å². The molecule has 0 bridgehead atoms. The maximum Gasteiger partial charge on any atom is 0.257 e. The van der Waals surface area contributed by atoms with Crippen LogP contribution in [-0.4, -0.2) is 40.7 Å². The molecular weight excluding hydrogens is 418 g/mol. The van der Waals surface area contributed by atoms with Crippen molar-refractivity contribution in [1.29, 1.82) is 0 Å². The molecule has 4 rings (SSSR count). The molecule has 0 spiro atoms. The summed E-state index contributed by atoms with van der Waals surface area (Å²) in [6.07, 6.45) is 3.50. The Labute approximate surface area is 194 Å². The molecule has 1 unspecified atom stereocenters. The molecule has 2 heterocycles. The van der Waals surface area contributed by atoms with Crippen molar-refractivity contribution in [2.75, 3.05) is 19.8 Å². The van der Waals surface area contributed by atoms with Crippen LogP contribution >= 0.6 is 0 Å². The molecular formula is C26H31N3O4. The SMILES string of the molecule is CCCCOc1ccc(-c2nc(C3CC(=O)N(Cc4ccc(OCCC)cc4)C3)no2)cc1. The van der Waals surface area contributed by atoms with Gasteiger partial charge in [-0.3, -0.25) is 4.79 Å². The Hall–Kier alpha value is -3.35. The molecule has 1 fully saturated rings. The maximum atomic E-state index is 12.6. The van der Waals surface area contributed by atoms with Crippen LogP contribution in [0, 0.1) is 0 Å². The number of rotatable bonds is 11. The van der Waals surface area contributed by atoms with Crippen molar-refractivity contribution >= 4 is 5.91 Å². The minimum Gasteiger partial charge on any atom is -0.494 e. The second kappa shape index (κ2) is 11.0. The summed E-state index contributed by atoms with van der Waals surface area (Å²) in [4.78, 5) is 19.0. The lowest BCUT2D eigenvalue weighted by atomic mass is 10.1. The van der Waals surface area contributed by atoms with E-state index in [1.807, 2.05) is 53.4 Å². The van der Waals surface area contributed by atoms with Crippen molar-refractivity contribution < 1.29 is 18.8 Å². The van der Waals surface area contributed by atoms with Crippen molar-refractivity contribution in [1.82, 2.24) is 15.0 Å². The zero-order chi connectivity index (χ0) is 23.0. The van der Waals surface area contributed by atoms with E-state index in [0.717, 1.165) is 41.9 Å². The van der Waals surface area contributed by atoms with Crippen LogP contribution < -0.4 is 9.47 Å². The zero-order valence-electron chi connectivity index (χ0n) is 19.3. The number of carbonyl (C=O) groups is 1. The summed E-state index contributed by atoms with van der Waals surface area (Å²) in [6, 6.07) is 15.6. The van der Waals surface area contributed by atoms with Gasteiger partial charge in [-0.15, -0.1) is 0 Å². The van der Waals surface area contributed by atoms with Gasteiger partial charge >= 0.3 is 0 Å². The van der Waals surface area contributed by atoms with Crippen LogP contribution in [0.25, 0.3) is 11.5 Å². The van der Waals surface area contributed by atoms with Gasteiger partial charge in [0.15, 0.2) is 5.82 Å². The molecule has 1 saturated heterocycles. The molecule has 0 radical (unpaired) electrons. The fourth-order valence-corrected chi connectivity index (χ4v) is 3.78. The molecule has 1 aromatic heterocycles. The van der Waals surface area contributed by atoms with E-state index in [9.17, 15) is 4.79 Å². The van der Waals surface area contributed by atoms with E-state index in [2.05, 4.69) is 24.0 Å². The summed E-state index contributed by atoms with van der Waals surface area (Å²) in [7, 11) is 0. The highest BCUT2D eigenvalue weighted by molar-refractivity contribution is 5.79. The number of hydrogen-bond donors (Lipinski definition) is 0. The van der Waals surface area contributed by atoms with Gasteiger partial charge in [0, 0.05) is 31.0 Å². The van der Waals surface area contributed by atoms with Crippen molar-refractivity contribution in [3.8, 4) is 23.0 Å². The van der Waals surface area contributed by atoms with E-state index in [-0.39, 0.29) is 11.8 Å². The fraction of sp³-hybridized carbons (Fsp3) is 0.423. The molecule has 0 aliphatic carbocycles. The average Bonchev–Trinajstić information content (AvgIpc) is 3.47. The zero-order valence-corrected chi connectivity index (χ0v) is 19.3. The van der Waals surface area contributed by atoms with E-state index in [1.165, 1.54) is 0 Å². The third kappa shape index (κ3) is 5.92. The highest BCUT2D eigenvalue weighted by atomic mass is 16.5. The topological polar surface area (TPSA) is 77.7 Å². The molecule has 174 valence electrons. The lowest BCUT2D eigenvalue weighted by molar-refractivity contribution is -0.128. The molecule has 0 N–H and O–H groups in total. The molecule has 0 saturated carbocycles. The van der Waals surface area contributed by atoms with Crippen LogP contribution in [0.4, 0.5) is 0 Å². The van der Waals surface area contributed by atoms with Crippen molar-refractivity contribution in [3.63, 3.8) is 0 Å². The van der Waals surface area contributed by atoms with E-state index in [4.69, 9.17) is 14.0 Å². The monoisotopic (exact) mass is 449 g/mol. The normalized spacial score (nSPS) is 15.8. The number of benzene rings is 2. The van der Waals surface area contributed by atoms with Gasteiger partial charge in [-0.2, -0.15) is 4.98 Å². The molecule has 1 aliphatic rings. The smallest absolute Gasteiger partial charge is 0.257 e. The maximum absolute atomic E-state index is 12.6. The number of carbonyl (C=O) groups excluding carboxylic acids is 1. The Morgan fingerprint density at radius 2 is 1.67 bits per heavy atom. The fourth-order valence-electron chi connectivity index (χ4n) is 3.78. The second-order valence-corrected chi connectivity index (χ2v) is 8.35. The highest BCUT2D eigenvalue weighted by Gasteiger charge is 2.33. The van der Waals surface area contributed by atoms with Crippen LogP contribution in [-0.2, 0) is 11.3 Å². The first-order chi connectivity index (χ1) is 16.2. The van der Waals surface area contributed by atoms with Crippen LogP contribution in [0.15, 0.2) is 53.1 Å². The summed E-state index contributed by atoms with van der Waals surface area (Å²) in [6.45, 7) is 6.77. The van der Waals surface area contributed by atoms with Crippen LogP contribution in [0.3, 0.4) is 0 Å². The molecule has 2 aromatic carbocycles. The summed E-state index contributed by atoms with van der Waals surface area (Å²) in [5.74, 6) is 2.75. The predicted molar refractivity (Wildman–Crippen MR) is 125 cm³/mol. The third-order valence-electron chi connectivity index (χ3n) is 5.66. The molecule has 33 heavy (non-hydrogen) atoms. The Morgan fingerprint density at radius 3 is 2.36 bits per heavy atom. The Balaban J connectivity index is 1.34. The molecule has 1 amide bonds. The summed E-state index contributed by atoms with van der Waals surface area (Å²) < 4.78 is 16.8. The van der Waals surface area contributed by atoms with Gasteiger partial charge in [0.25, 0.3) is 5.89 Å². The molecule has 7 nitrogen and oxygen atoms in total. The first-order valence-corrected chi connectivity index (χ1v) is 11.7. The number of hydrogen-bond acceptors (Lipinski definition) is 6. The van der Waals surface area contributed by atoms with Gasteiger partial charge in [-0.25, -0.2) is 0 Å². The van der Waals surface area contributed by atoms with Gasteiger partial charge in [0.05, 0.1) is 13.2 Å². The number of aromatic nitrogens is 2. The van der Waals surface area contributed by atoms with E-state index >= 15 is 0 Å². The van der Waals surface area contributed by atoms with Gasteiger partial charge in [-0.1, -0.05) is 37.6 Å². The van der Waals surface area contributed by atoms with Gasteiger partial charge < -0.3 is 18.9 Å². The minimum atomic E-state index is -0.0705. The average molecular weight is 450 g/mol. The number of likely N-dealkylation sites (tertiary alicyclic amines) is 1. The summed E-state index contributed by atoms with van der Waals surface area (Å²) in [5.41, 5.74) is 1.91. The van der Waals surface area contributed by atoms with Crippen LogP contribution in [0.1, 0.15) is 56.8 Å². The third-order valence-corrected chi connectivity index (χ3v) is 5.66. The quantitative estimate of drug-likeness (QED) is 0.374. The summed E-state index contributed by atoms with van der Waals surface area (Å²) in [5, 5.41) is 4.16. The lowest BCUT2D eigenvalue weighted by Crippen LogP contribution is -2.24. The largest absolute Gasteiger partial charge is 0.494 e. The Kier molecular flexibility index (Phi) is 7.60. The molecule has 7 heteroatoms. The predicted octanol–water partition coefficient (Wildman–Crippen LogP) is 5.22. The Morgan fingerprint density at radius 1 is 0.970 bits per heavy atom. The first kappa shape index (κ1) is 22.8. The van der Waals surface area contributed by atoms with Gasteiger partial charge in [-0.05, 0) is 54.8 Å².